The summed E-state index contributed by atoms with van der Waals surface area (Å²) in [5.74, 6) is 0.865. The lowest BCUT2D eigenvalue weighted by Gasteiger charge is -2.18. The van der Waals surface area contributed by atoms with Crippen molar-refractivity contribution in [1.29, 1.82) is 0 Å². The van der Waals surface area contributed by atoms with Crippen LogP contribution in [0.3, 0.4) is 0 Å². The summed E-state index contributed by atoms with van der Waals surface area (Å²) < 4.78 is 0. The maximum absolute atomic E-state index is 3.47. The average molecular weight is 242 g/mol. The van der Waals surface area contributed by atoms with Gasteiger partial charge in [0.05, 0.1) is 0 Å². The van der Waals surface area contributed by atoms with Crippen molar-refractivity contribution < 1.29 is 0 Å². The molecule has 2 heteroatoms. The highest BCUT2D eigenvalue weighted by atomic mass is 14.9. The number of aromatic nitrogens is 1. The number of hydrogen-bond acceptors (Lipinski definition) is 1. The van der Waals surface area contributed by atoms with Gasteiger partial charge in [-0.2, -0.15) is 0 Å². The Morgan fingerprint density at radius 3 is 3.06 bits per heavy atom. The summed E-state index contributed by atoms with van der Waals surface area (Å²) >= 11 is 0. The van der Waals surface area contributed by atoms with Crippen LogP contribution in [0, 0.1) is 5.92 Å². The van der Waals surface area contributed by atoms with E-state index in [2.05, 4.69) is 47.8 Å². The molecule has 2 N–H and O–H groups in total. The molecule has 0 bridgehead atoms. The molecule has 96 valence electrons. The fraction of sp³-hybridized carbons (Fsp3) is 0.500. The second kappa shape index (κ2) is 5.15. The van der Waals surface area contributed by atoms with Gasteiger partial charge in [-0.05, 0) is 50.3 Å². The Morgan fingerprint density at radius 1 is 1.28 bits per heavy atom. The van der Waals surface area contributed by atoms with Crippen LogP contribution in [0.1, 0.15) is 31.2 Å². The SMILES string of the molecule is CNC1CCCC1CCc1c[nH]c2ccccc12. The van der Waals surface area contributed by atoms with Crippen LogP contribution in [0.4, 0.5) is 0 Å². The van der Waals surface area contributed by atoms with Crippen molar-refractivity contribution in [3.63, 3.8) is 0 Å². The fourth-order valence-electron chi connectivity index (χ4n) is 3.44. The van der Waals surface area contributed by atoms with Gasteiger partial charge in [-0.15, -0.1) is 0 Å². The number of aromatic amines is 1. The van der Waals surface area contributed by atoms with Crippen LogP contribution >= 0.6 is 0 Å². The summed E-state index contributed by atoms with van der Waals surface area (Å²) in [6.45, 7) is 0. The van der Waals surface area contributed by atoms with Crippen LogP contribution in [-0.2, 0) is 6.42 Å². The maximum Gasteiger partial charge on any atom is 0.0456 e. The number of H-pyrrole nitrogens is 1. The quantitative estimate of drug-likeness (QED) is 0.844. The Morgan fingerprint density at radius 2 is 2.17 bits per heavy atom. The molecule has 1 aliphatic carbocycles. The van der Waals surface area contributed by atoms with Crippen molar-refractivity contribution in [3.8, 4) is 0 Å². The summed E-state index contributed by atoms with van der Waals surface area (Å²) in [6.07, 6.45) is 8.85. The maximum atomic E-state index is 3.47. The molecule has 1 fully saturated rings. The predicted octanol–water partition coefficient (Wildman–Crippen LogP) is 3.49. The summed E-state index contributed by atoms with van der Waals surface area (Å²) in [4.78, 5) is 3.37. The molecule has 1 heterocycles. The largest absolute Gasteiger partial charge is 0.361 e. The van der Waals surface area contributed by atoms with Gasteiger partial charge in [0.25, 0.3) is 0 Å². The van der Waals surface area contributed by atoms with E-state index in [4.69, 9.17) is 0 Å². The number of nitrogens with one attached hydrogen (secondary N) is 2. The number of para-hydroxylation sites is 1. The van der Waals surface area contributed by atoms with E-state index >= 15 is 0 Å². The van der Waals surface area contributed by atoms with E-state index in [-0.39, 0.29) is 0 Å². The van der Waals surface area contributed by atoms with Gasteiger partial charge in [0.2, 0.25) is 0 Å². The minimum atomic E-state index is 0.746. The van der Waals surface area contributed by atoms with Crippen LogP contribution in [0.2, 0.25) is 0 Å². The van der Waals surface area contributed by atoms with E-state index in [9.17, 15) is 0 Å². The third-order valence-electron chi connectivity index (χ3n) is 4.49. The number of benzene rings is 1. The Hall–Kier alpha value is -1.28. The molecule has 3 rings (SSSR count). The highest BCUT2D eigenvalue weighted by Crippen LogP contribution is 2.30. The molecule has 0 amide bonds. The topological polar surface area (TPSA) is 27.8 Å². The molecule has 2 unspecified atom stereocenters. The first-order valence-corrected chi connectivity index (χ1v) is 7.11. The first-order chi connectivity index (χ1) is 8.88. The van der Waals surface area contributed by atoms with Crippen molar-refractivity contribution in [2.24, 2.45) is 5.92 Å². The van der Waals surface area contributed by atoms with Gasteiger partial charge in [0.15, 0.2) is 0 Å². The zero-order chi connectivity index (χ0) is 12.4. The van der Waals surface area contributed by atoms with Gasteiger partial charge in [-0.1, -0.05) is 24.6 Å². The Balaban J connectivity index is 1.69. The first kappa shape index (κ1) is 11.8. The monoisotopic (exact) mass is 242 g/mol. The van der Waals surface area contributed by atoms with Gasteiger partial charge in [0, 0.05) is 23.1 Å². The van der Waals surface area contributed by atoms with E-state index in [0.717, 1.165) is 12.0 Å². The second-order valence-electron chi connectivity index (χ2n) is 5.48. The van der Waals surface area contributed by atoms with Crippen LogP contribution < -0.4 is 5.32 Å². The zero-order valence-electron chi connectivity index (χ0n) is 11.1. The van der Waals surface area contributed by atoms with Crippen LogP contribution in [0.15, 0.2) is 30.5 Å². The molecule has 1 aliphatic rings. The lowest BCUT2D eigenvalue weighted by Crippen LogP contribution is -2.29. The summed E-state index contributed by atoms with van der Waals surface area (Å²) in [5.41, 5.74) is 2.75. The molecular formula is C16H22N2. The number of aryl methyl sites for hydroxylation is 1. The third kappa shape index (κ3) is 2.17. The Bertz CT molecular complexity index is 515. The highest BCUT2D eigenvalue weighted by Gasteiger charge is 2.25. The third-order valence-corrected chi connectivity index (χ3v) is 4.49. The predicted molar refractivity (Wildman–Crippen MR) is 76.8 cm³/mol. The second-order valence-corrected chi connectivity index (χ2v) is 5.48. The van der Waals surface area contributed by atoms with Crippen molar-refractivity contribution >= 4 is 10.9 Å². The lowest BCUT2D eigenvalue weighted by atomic mass is 9.95. The van der Waals surface area contributed by atoms with E-state index in [1.807, 2.05) is 0 Å². The van der Waals surface area contributed by atoms with Crippen molar-refractivity contribution in [2.45, 2.75) is 38.1 Å². The lowest BCUT2D eigenvalue weighted by molar-refractivity contribution is 0.401. The van der Waals surface area contributed by atoms with Crippen LogP contribution in [0.5, 0.6) is 0 Å². The Labute approximate surface area is 109 Å². The van der Waals surface area contributed by atoms with E-state index in [1.165, 1.54) is 48.6 Å². The molecule has 2 atom stereocenters. The Kier molecular flexibility index (Phi) is 3.37. The molecule has 2 aromatic rings. The van der Waals surface area contributed by atoms with Gasteiger partial charge < -0.3 is 10.3 Å². The molecule has 0 aliphatic heterocycles. The van der Waals surface area contributed by atoms with Gasteiger partial charge in [-0.3, -0.25) is 0 Å². The molecule has 0 saturated heterocycles. The van der Waals surface area contributed by atoms with Gasteiger partial charge in [0.1, 0.15) is 0 Å². The molecular weight excluding hydrogens is 220 g/mol. The minimum Gasteiger partial charge on any atom is -0.361 e. The molecule has 18 heavy (non-hydrogen) atoms. The molecule has 1 saturated carbocycles. The van der Waals surface area contributed by atoms with E-state index in [0.29, 0.717) is 0 Å². The summed E-state index contributed by atoms with van der Waals surface area (Å²) in [6, 6.07) is 9.36. The number of rotatable bonds is 4. The highest BCUT2D eigenvalue weighted by molar-refractivity contribution is 5.82. The standard InChI is InChI=1S/C16H22N2/c1-17-15-8-4-5-12(15)9-10-13-11-18-16-7-3-2-6-14(13)16/h2-3,6-7,11-12,15,17-18H,4-5,8-10H2,1H3. The average Bonchev–Trinajstić information content (AvgIpc) is 3.02. The first-order valence-electron chi connectivity index (χ1n) is 7.11. The van der Waals surface area contributed by atoms with Crippen molar-refractivity contribution in [3.05, 3.63) is 36.0 Å². The summed E-state index contributed by atoms with van der Waals surface area (Å²) in [5, 5.41) is 4.87. The van der Waals surface area contributed by atoms with Crippen molar-refractivity contribution in [1.82, 2.24) is 10.3 Å². The molecule has 0 radical (unpaired) electrons. The summed E-state index contributed by atoms with van der Waals surface area (Å²) in [7, 11) is 2.11. The number of fused-ring (bicyclic) bond motifs is 1. The van der Waals surface area contributed by atoms with Gasteiger partial charge in [-0.25, -0.2) is 0 Å². The molecule has 0 spiro atoms. The normalized spacial score (nSPS) is 23.8. The van der Waals surface area contributed by atoms with Gasteiger partial charge >= 0.3 is 0 Å². The van der Waals surface area contributed by atoms with E-state index in [1.54, 1.807) is 0 Å². The smallest absolute Gasteiger partial charge is 0.0456 e. The van der Waals surface area contributed by atoms with Crippen molar-refractivity contribution in [2.75, 3.05) is 7.05 Å². The molecule has 1 aromatic heterocycles. The number of hydrogen-bond donors (Lipinski definition) is 2. The van der Waals surface area contributed by atoms with Crippen LogP contribution in [-0.4, -0.2) is 18.1 Å². The molecule has 2 nitrogen and oxygen atoms in total. The molecule has 1 aromatic carbocycles. The van der Waals surface area contributed by atoms with E-state index < -0.39 is 0 Å². The zero-order valence-corrected chi connectivity index (χ0v) is 11.1. The fourth-order valence-corrected chi connectivity index (χ4v) is 3.44. The van der Waals surface area contributed by atoms with Crippen LogP contribution in [0.25, 0.3) is 10.9 Å². The minimum absolute atomic E-state index is 0.746.